The lowest BCUT2D eigenvalue weighted by Crippen LogP contribution is -2.32. The molecule has 1 N–H and O–H groups in total. The fraction of sp³-hybridized carbons (Fsp3) is 0.560. The Morgan fingerprint density at radius 3 is 2.34 bits per heavy atom. The Kier molecular flexibility index (Phi) is 7.22. The van der Waals surface area contributed by atoms with Gasteiger partial charge in [0, 0.05) is 19.5 Å². The van der Waals surface area contributed by atoms with Gasteiger partial charge < -0.3 is 9.84 Å². The maximum Gasteiger partial charge on any atom is 0.420 e. The van der Waals surface area contributed by atoms with Crippen LogP contribution in [0, 0.1) is 11.8 Å². The fourth-order valence-electron chi connectivity index (χ4n) is 5.26. The monoisotopic (exact) mass is 503 g/mol. The first-order valence-corrected chi connectivity index (χ1v) is 11.7. The second kappa shape index (κ2) is 9.87. The lowest BCUT2D eigenvalue weighted by Gasteiger charge is -2.31. The highest BCUT2D eigenvalue weighted by Crippen LogP contribution is 2.44. The number of carboxylic acid groups (broad SMARTS) is 1. The van der Waals surface area contributed by atoms with Crippen LogP contribution in [0.15, 0.2) is 30.3 Å². The number of ether oxygens (including phenoxy) is 1. The molecular formula is C25H27F6NO3. The number of hydrogen-bond acceptors (Lipinski definition) is 3. The van der Waals surface area contributed by atoms with Crippen molar-refractivity contribution < 1.29 is 41.0 Å². The molecule has 2 aliphatic rings. The summed E-state index contributed by atoms with van der Waals surface area (Å²) in [6.07, 6.45) is -9.03. The van der Waals surface area contributed by atoms with E-state index in [0.29, 0.717) is 18.5 Å². The van der Waals surface area contributed by atoms with Gasteiger partial charge in [0.1, 0.15) is 11.3 Å². The van der Waals surface area contributed by atoms with E-state index in [0.717, 1.165) is 18.5 Å². The molecule has 1 aliphatic heterocycles. The molecule has 1 saturated heterocycles. The van der Waals surface area contributed by atoms with E-state index in [1.807, 2.05) is 0 Å². The first-order chi connectivity index (χ1) is 16.4. The van der Waals surface area contributed by atoms with Gasteiger partial charge in [-0.05, 0) is 73.0 Å². The van der Waals surface area contributed by atoms with Crippen molar-refractivity contribution in [2.45, 2.75) is 63.5 Å². The third-order valence-electron chi connectivity index (χ3n) is 7.00. The summed E-state index contributed by atoms with van der Waals surface area (Å²) in [6.45, 7) is 1.86. The fourth-order valence-corrected chi connectivity index (χ4v) is 5.26. The van der Waals surface area contributed by atoms with Crippen LogP contribution in [0.1, 0.15) is 49.7 Å². The molecule has 35 heavy (non-hydrogen) atoms. The molecule has 10 heteroatoms. The second-order valence-corrected chi connectivity index (χ2v) is 9.61. The Balaban J connectivity index is 1.51. The summed E-state index contributed by atoms with van der Waals surface area (Å²) in [6, 6.07) is 7.52. The Bertz CT molecular complexity index is 1060. The zero-order valence-corrected chi connectivity index (χ0v) is 19.0. The Morgan fingerprint density at radius 1 is 1.00 bits per heavy atom. The van der Waals surface area contributed by atoms with Crippen molar-refractivity contribution >= 4 is 16.7 Å². The lowest BCUT2D eigenvalue weighted by molar-refractivity contribution is -0.185. The van der Waals surface area contributed by atoms with E-state index in [9.17, 15) is 31.1 Å². The molecule has 2 fully saturated rings. The predicted molar refractivity (Wildman–Crippen MR) is 117 cm³/mol. The van der Waals surface area contributed by atoms with Gasteiger partial charge in [0.25, 0.3) is 0 Å². The molecule has 0 spiro atoms. The highest BCUT2D eigenvalue weighted by atomic mass is 19.4. The SMILES string of the molecule is O=C(O)C[C@H]1CCN(Cc2ccc3c(C(F)(F)F)c(OC4CCC(C(F)(F)F)CC4)ccc3c2)C1. The van der Waals surface area contributed by atoms with E-state index in [1.54, 1.807) is 18.2 Å². The van der Waals surface area contributed by atoms with Gasteiger partial charge in [-0.3, -0.25) is 9.69 Å². The van der Waals surface area contributed by atoms with Crippen molar-refractivity contribution in [2.75, 3.05) is 13.1 Å². The molecule has 1 aliphatic carbocycles. The van der Waals surface area contributed by atoms with Crippen LogP contribution in [-0.4, -0.2) is 41.3 Å². The highest BCUT2D eigenvalue weighted by molar-refractivity contribution is 5.89. The number of benzene rings is 2. The molecular weight excluding hydrogens is 476 g/mol. The van der Waals surface area contributed by atoms with Crippen molar-refractivity contribution in [3.05, 3.63) is 41.5 Å². The Morgan fingerprint density at radius 2 is 1.71 bits per heavy atom. The number of carbonyl (C=O) groups is 1. The average Bonchev–Trinajstić information content (AvgIpc) is 3.18. The predicted octanol–water partition coefficient (Wildman–Crippen LogP) is 6.66. The summed E-state index contributed by atoms with van der Waals surface area (Å²) < 4.78 is 86.5. The second-order valence-electron chi connectivity index (χ2n) is 9.61. The van der Waals surface area contributed by atoms with E-state index >= 15 is 0 Å². The van der Waals surface area contributed by atoms with Gasteiger partial charge in [0.15, 0.2) is 0 Å². The summed E-state index contributed by atoms with van der Waals surface area (Å²) in [5.74, 6) is -2.57. The molecule has 1 saturated carbocycles. The van der Waals surface area contributed by atoms with Gasteiger partial charge in [-0.25, -0.2) is 0 Å². The average molecular weight is 503 g/mol. The number of aliphatic carboxylic acids is 1. The van der Waals surface area contributed by atoms with Crippen LogP contribution in [0.4, 0.5) is 26.3 Å². The Labute approximate surface area is 198 Å². The number of nitrogens with zero attached hydrogens (tertiary/aromatic N) is 1. The standard InChI is InChI=1S/C25H27F6NO3/c26-24(27,28)18-3-5-19(6-4-18)35-21-8-2-17-11-15(1-7-20(17)23(21)25(29,30)31)13-32-10-9-16(14-32)12-22(33)34/h1-2,7-8,11,16,18-19H,3-6,9-10,12-14H2,(H,33,34)/t16-,18?,19?/m1/s1. The molecule has 2 aromatic rings. The minimum absolute atomic E-state index is 0.0205. The number of halogens is 6. The van der Waals surface area contributed by atoms with E-state index in [2.05, 4.69) is 4.90 Å². The van der Waals surface area contributed by atoms with Crippen LogP contribution in [0.3, 0.4) is 0 Å². The van der Waals surface area contributed by atoms with Gasteiger partial charge in [0.05, 0.1) is 12.0 Å². The topological polar surface area (TPSA) is 49.8 Å². The van der Waals surface area contributed by atoms with E-state index in [1.165, 1.54) is 12.1 Å². The van der Waals surface area contributed by atoms with E-state index in [-0.39, 0.29) is 49.2 Å². The lowest BCUT2D eigenvalue weighted by atomic mass is 9.87. The zero-order valence-electron chi connectivity index (χ0n) is 19.0. The molecule has 4 nitrogen and oxygen atoms in total. The molecule has 1 atom stereocenters. The van der Waals surface area contributed by atoms with Crippen LogP contribution in [-0.2, 0) is 17.5 Å². The molecule has 0 bridgehead atoms. The Hall–Kier alpha value is -2.49. The van der Waals surface area contributed by atoms with Crippen LogP contribution in [0.25, 0.3) is 10.8 Å². The van der Waals surface area contributed by atoms with Gasteiger partial charge in [0.2, 0.25) is 0 Å². The van der Waals surface area contributed by atoms with Crippen LogP contribution in [0.5, 0.6) is 5.75 Å². The van der Waals surface area contributed by atoms with E-state index in [4.69, 9.17) is 9.84 Å². The van der Waals surface area contributed by atoms with Crippen LogP contribution in [0.2, 0.25) is 0 Å². The summed E-state index contributed by atoms with van der Waals surface area (Å²) in [5, 5.41) is 9.34. The summed E-state index contributed by atoms with van der Waals surface area (Å²) in [5.41, 5.74) is -0.0945. The smallest absolute Gasteiger partial charge is 0.420 e. The number of rotatable bonds is 6. The van der Waals surface area contributed by atoms with Crippen molar-refractivity contribution in [3.8, 4) is 5.75 Å². The molecule has 0 aromatic heterocycles. The third-order valence-corrected chi connectivity index (χ3v) is 7.00. The normalized spacial score (nSPS) is 24.1. The van der Waals surface area contributed by atoms with Crippen LogP contribution >= 0.6 is 0 Å². The van der Waals surface area contributed by atoms with E-state index < -0.39 is 35.9 Å². The first-order valence-electron chi connectivity index (χ1n) is 11.7. The van der Waals surface area contributed by atoms with Crippen molar-refractivity contribution in [1.29, 1.82) is 0 Å². The maximum absolute atomic E-state index is 14.0. The van der Waals surface area contributed by atoms with Crippen LogP contribution < -0.4 is 4.74 Å². The van der Waals surface area contributed by atoms with Crippen molar-refractivity contribution in [3.63, 3.8) is 0 Å². The minimum atomic E-state index is -4.70. The largest absolute Gasteiger partial charge is 0.490 e. The van der Waals surface area contributed by atoms with Crippen molar-refractivity contribution in [2.24, 2.45) is 11.8 Å². The van der Waals surface area contributed by atoms with Gasteiger partial charge in [-0.2, -0.15) is 26.3 Å². The van der Waals surface area contributed by atoms with Gasteiger partial charge >= 0.3 is 18.3 Å². The molecule has 0 radical (unpaired) electrons. The molecule has 2 aromatic carbocycles. The summed E-state index contributed by atoms with van der Waals surface area (Å²) in [4.78, 5) is 13.0. The highest BCUT2D eigenvalue weighted by Gasteiger charge is 2.42. The summed E-state index contributed by atoms with van der Waals surface area (Å²) in [7, 11) is 0. The number of fused-ring (bicyclic) bond motifs is 1. The minimum Gasteiger partial charge on any atom is -0.490 e. The molecule has 192 valence electrons. The molecule has 4 rings (SSSR count). The van der Waals surface area contributed by atoms with Crippen molar-refractivity contribution in [1.82, 2.24) is 4.90 Å². The first kappa shape index (κ1) is 25.6. The number of likely N-dealkylation sites (tertiary alicyclic amines) is 1. The summed E-state index contributed by atoms with van der Waals surface area (Å²) >= 11 is 0. The quantitative estimate of drug-likeness (QED) is 0.448. The molecule has 1 heterocycles. The number of hydrogen-bond donors (Lipinski definition) is 1. The van der Waals surface area contributed by atoms with Gasteiger partial charge in [-0.1, -0.05) is 18.2 Å². The van der Waals surface area contributed by atoms with Gasteiger partial charge in [-0.15, -0.1) is 0 Å². The zero-order chi connectivity index (χ0) is 25.4. The molecule has 0 unspecified atom stereocenters. The maximum atomic E-state index is 14.0. The number of alkyl halides is 6. The molecule has 0 amide bonds. The third kappa shape index (κ3) is 6.20. The number of carboxylic acids is 1.